The third-order valence-electron chi connectivity index (χ3n) is 3.39. The van der Waals surface area contributed by atoms with Crippen molar-refractivity contribution in [1.82, 2.24) is 10.2 Å². The minimum Gasteiger partial charge on any atom is -0.411 e. The van der Waals surface area contributed by atoms with E-state index >= 15 is 0 Å². The van der Waals surface area contributed by atoms with E-state index in [0.717, 1.165) is 16.9 Å². The Balaban J connectivity index is 1.74. The van der Waals surface area contributed by atoms with E-state index in [-0.39, 0.29) is 0 Å². The van der Waals surface area contributed by atoms with Crippen LogP contribution in [0.4, 0.5) is 0 Å². The minimum absolute atomic E-state index is 0.584. The first-order valence-electron chi connectivity index (χ1n) is 6.81. The molecule has 0 saturated heterocycles. The summed E-state index contributed by atoms with van der Waals surface area (Å²) in [5.41, 5.74) is 4.70. The number of rotatable bonds is 4. The van der Waals surface area contributed by atoms with E-state index in [1.165, 1.54) is 11.1 Å². The number of aromatic nitrogens is 2. The Morgan fingerprint density at radius 1 is 0.905 bits per heavy atom. The number of aryl methyl sites for hydroxylation is 2. The summed E-state index contributed by atoms with van der Waals surface area (Å²) in [5.74, 6) is 1.42. The molecule has 3 aromatic rings. The third kappa shape index (κ3) is 3.16. The highest BCUT2D eigenvalue weighted by Crippen LogP contribution is 2.27. The molecule has 0 fully saturated rings. The van der Waals surface area contributed by atoms with Crippen molar-refractivity contribution in [3.63, 3.8) is 0 Å². The van der Waals surface area contributed by atoms with E-state index in [2.05, 4.69) is 35.3 Å². The Morgan fingerprint density at radius 2 is 1.62 bits per heavy atom. The molecule has 0 aliphatic rings. The van der Waals surface area contributed by atoms with Crippen LogP contribution < -0.4 is 0 Å². The number of thioether (sulfide) groups is 1. The highest BCUT2D eigenvalue weighted by atomic mass is 32.2. The maximum Gasteiger partial charge on any atom is 0.277 e. The molecule has 0 unspecified atom stereocenters. The van der Waals surface area contributed by atoms with E-state index in [1.807, 2.05) is 37.3 Å². The fourth-order valence-electron chi connectivity index (χ4n) is 2.10. The molecule has 0 radical (unpaired) electrons. The molecule has 0 saturated carbocycles. The van der Waals surface area contributed by atoms with Gasteiger partial charge in [-0.2, -0.15) is 0 Å². The average Bonchev–Trinajstić information content (AvgIpc) is 2.96. The van der Waals surface area contributed by atoms with Crippen molar-refractivity contribution in [1.29, 1.82) is 0 Å². The quantitative estimate of drug-likeness (QED) is 0.657. The second-order valence-corrected chi connectivity index (χ2v) is 5.83. The molecule has 2 aromatic carbocycles. The Hall–Kier alpha value is -2.07. The van der Waals surface area contributed by atoms with Gasteiger partial charge in [0, 0.05) is 11.3 Å². The van der Waals surface area contributed by atoms with Gasteiger partial charge in [0.05, 0.1) is 0 Å². The van der Waals surface area contributed by atoms with Crippen molar-refractivity contribution < 1.29 is 4.42 Å². The summed E-state index contributed by atoms with van der Waals surface area (Å²) in [6.07, 6.45) is 0. The fraction of sp³-hybridized carbons (Fsp3) is 0.176. The van der Waals surface area contributed by atoms with Gasteiger partial charge in [0.2, 0.25) is 5.89 Å². The Labute approximate surface area is 128 Å². The van der Waals surface area contributed by atoms with Gasteiger partial charge in [-0.3, -0.25) is 0 Å². The molecule has 0 atom stereocenters. The molecule has 106 valence electrons. The zero-order chi connectivity index (χ0) is 14.7. The van der Waals surface area contributed by atoms with Crippen LogP contribution in [0.15, 0.2) is 58.2 Å². The number of hydrogen-bond donors (Lipinski definition) is 0. The van der Waals surface area contributed by atoms with Crippen molar-refractivity contribution in [2.75, 3.05) is 0 Å². The van der Waals surface area contributed by atoms with Gasteiger partial charge in [0.15, 0.2) is 0 Å². The SMILES string of the molecule is Cc1ccccc1CSc1nnc(-c2ccccc2C)o1. The summed E-state index contributed by atoms with van der Waals surface area (Å²) in [6.45, 7) is 4.15. The first-order chi connectivity index (χ1) is 10.2. The maximum atomic E-state index is 5.75. The number of hydrogen-bond acceptors (Lipinski definition) is 4. The molecular formula is C17H16N2OS. The van der Waals surface area contributed by atoms with Crippen molar-refractivity contribution >= 4 is 11.8 Å². The first kappa shape index (κ1) is 13.9. The van der Waals surface area contributed by atoms with Gasteiger partial charge in [-0.15, -0.1) is 10.2 Å². The van der Waals surface area contributed by atoms with Gasteiger partial charge in [0.25, 0.3) is 5.22 Å². The van der Waals surface area contributed by atoms with Gasteiger partial charge in [0.1, 0.15) is 0 Å². The molecule has 21 heavy (non-hydrogen) atoms. The topological polar surface area (TPSA) is 38.9 Å². The lowest BCUT2D eigenvalue weighted by molar-refractivity contribution is 0.465. The van der Waals surface area contributed by atoms with Crippen LogP contribution in [-0.2, 0) is 5.75 Å². The van der Waals surface area contributed by atoms with Gasteiger partial charge >= 0.3 is 0 Å². The predicted octanol–water partition coefficient (Wildman–Crippen LogP) is 4.65. The van der Waals surface area contributed by atoms with Crippen LogP contribution in [-0.4, -0.2) is 10.2 Å². The molecule has 1 heterocycles. The zero-order valence-corrected chi connectivity index (χ0v) is 12.9. The van der Waals surface area contributed by atoms with Crippen molar-refractivity contribution in [3.8, 4) is 11.5 Å². The second-order valence-electron chi connectivity index (χ2n) is 4.90. The van der Waals surface area contributed by atoms with Crippen LogP contribution in [0.2, 0.25) is 0 Å². The summed E-state index contributed by atoms with van der Waals surface area (Å²) in [4.78, 5) is 0. The van der Waals surface area contributed by atoms with Crippen LogP contribution >= 0.6 is 11.8 Å². The van der Waals surface area contributed by atoms with Crippen molar-refractivity contribution in [2.45, 2.75) is 24.8 Å². The lowest BCUT2D eigenvalue weighted by atomic mass is 10.1. The van der Waals surface area contributed by atoms with E-state index in [4.69, 9.17) is 4.42 Å². The van der Waals surface area contributed by atoms with E-state index in [1.54, 1.807) is 11.8 Å². The standard InChI is InChI=1S/C17H16N2OS/c1-12-7-3-5-9-14(12)11-21-17-19-18-16(20-17)15-10-6-4-8-13(15)2/h3-10H,11H2,1-2H3. The molecule has 3 nitrogen and oxygen atoms in total. The predicted molar refractivity (Wildman–Crippen MR) is 85.2 cm³/mol. The summed E-state index contributed by atoms with van der Waals surface area (Å²) >= 11 is 1.57. The van der Waals surface area contributed by atoms with E-state index in [0.29, 0.717) is 11.1 Å². The molecule has 0 aliphatic heterocycles. The highest BCUT2D eigenvalue weighted by molar-refractivity contribution is 7.98. The van der Waals surface area contributed by atoms with Crippen LogP contribution in [0.1, 0.15) is 16.7 Å². The van der Waals surface area contributed by atoms with Gasteiger partial charge in [-0.05, 0) is 36.6 Å². The average molecular weight is 296 g/mol. The summed E-state index contributed by atoms with van der Waals surface area (Å²) in [6, 6.07) is 16.4. The van der Waals surface area contributed by atoms with Crippen molar-refractivity contribution in [3.05, 3.63) is 65.2 Å². The van der Waals surface area contributed by atoms with E-state index in [9.17, 15) is 0 Å². The zero-order valence-electron chi connectivity index (χ0n) is 12.0. The molecule has 1 aromatic heterocycles. The summed E-state index contributed by atoms with van der Waals surface area (Å²) in [5, 5.41) is 8.88. The van der Waals surface area contributed by atoms with Crippen LogP contribution in [0, 0.1) is 13.8 Å². The second kappa shape index (κ2) is 6.14. The molecule has 4 heteroatoms. The summed E-state index contributed by atoms with van der Waals surface area (Å²) < 4.78 is 5.75. The van der Waals surface area contributed by atoms with Gasteiger partial charge < -0.3 is 4.42 Å². The molecule has 0 amide bonds. The smallest absolute Gasteiger partial charge is 0.277 e. The lowest BCUT2D eigenvalue weighted by Crippen LogP contribution is -1.85. The van der Waals surface area contributed by atoms with Crippen LogP contribution in [0.5, 0.6) is 0 Å². The third-order valence-corrected chi connectivity index (χ3v) is 4.26. The summed E-state index contributed by atoms with van der Waals surface area (Å²) in [7, 11) is 0. The normalized spacial score (nSPS) is 10.8. The molecule has 0 aliphatic carbocycles. The Kier molecular flexibility index (Phi) is 4.06. The lowest BCUT2D eigenvalue weighted by Gasteiger charge is -2.02. The Morgan fingerprint density at radius 3 is 2.38 bits per heavy atom. The molecular weight excluding hydrogens is 280 g/mol. The Bertz CT molecular complexity index is 752. The van der Waals surface area contributed by atoms with Crippen LogP contribution in [0.3, 0.4) is 0 Å². The number of nitrogens with zero attached hydrogens (tertiary/aromatic N) is 2. The van der Waals surface area contributed by atoms with Gasteiger partial charge in [-0.25, -0.2) is 0 Å². The molecule has 0 bridgehead atoms. The minimum atomic E-state index is 0.584. The maximum absolute atomic E-state index is 5.75. The van der Waals surface area contributed by atoms with Crippen molar-refractivity contribution in [2.24, 2.45) is 0 Å². The largest absolute Gasteiger partial charge is 0.411 e. The number of benzene rings is 2. The van der Waals surface area contributed by atoms with Gasteiger partial charge in [-0.1, -0.05) is 54.2 Å². The highest BCUT2D eigenvalue weighted by Gasteiger charge is 2.11. The van der Waals surface area contributed by atoms with E-state index < -0.39 is 0 Å². The first-order valence-corrected chi connectivity index (χ1v) is 7.79. The monoisotopic (exact) mass is 296 g/mol. The molecule has 0 N–H and O–H groups in total. The molecule has 3 rings (SSSR count). The fourth-order valence-corrected chi connectivity index (χ4v) is 2.94. The molecule has 0 spiro atoms. The van der Waals surface area contributed by atoms with Crippen LogP contribution in [0.25, 0.3) is 11.5 Å².